The molecule has 0 aliphatic heterocycles. The van der Waals surface area contributed by atoms with Crippen molar-refractivity contribution in [3.63, 3.8) is 0 Å². The Kier molecular flexibility index (Phi) is 2.78. The van der Waals surface area contributed by atoms with Gasteiger partial charge in [0.25, 0.3) is 0 Å². The van der Waals surface area contributed by atoms with Crippen LogP contribution in [-0.2, 0) is 11.3 Å². The van der Waals surface area contributed by atoms with E-state index in [1.165, 1.54) is 0 Å². The highest BCUT2D eigenvalue weighted by Gasteiger charge is 1.98. The van der Waals surface area contributed by atoms with Crippen molar-refractivity contribution in [3.8, 4) is 6.07 Å². The van der Waals surface area contributed by atoms with E-state index >= 15 is 0 Å². The minimum atomic E-state index is 0.446. The monoisotopic (exact) mass is 162 g/mol. The summed E-state index contributed by atoms with van der Waals surface area (Å²) < 4.78 is 4.91. The second kappa shape index (κ2) is 3.84. The lowest BCUT2D eigenvalue weighted by molar-refractivity contribution is 0.181. The van der Waals surface area contributed by atoms with Gasteiger partial charge in [-0.1, -0.05) is 0 Å². The van der Waals surface area contributed by atoms with Gasteiger partial charge < -0.3 is 4.74 Å². The first-order valence-electron chi connectivity index (χ1n) is 3.63. The predicted molar refractivity (Wildman–Crippen MR) is 44.4 cm³/mol. The van der Waals surface area contributed by atoms with Crippen molar-refractivity contribution in [2.24, 2.45) is 0 Å². The average molecular weight is 162 g/mol. The molecule has 1 heterocycles. The largest absolute Gasteiger partial charge is 0.378 e. The summed E-state index contributed by atoms with van der Waals surface area (Å²) in [7, 11) is 1.61. The molecule has 0 N–H and O–H groups in total. The molecule has 1 aromatic rings. The Morgan fingerprint density at radius 3 is 2.92 bits per heavy atom. The number of nitrogens with zero attached hydrogens (tertiary/aromatic N) is 2. The molecule has 0 aliphatic rings. The van der Waals surface area contributed by atoms with Crippen LogP contribution >= 0.6 is 0 Å². The van der Waals surface area contributed by atoms with Crippen LogP contribution in [0.1, 0.15) is 17.0 Å². The Morgan fingerprint density at radius 1 is 1.58 bits per heavy atom. The van der Waals surface area contributed by atoms with E-state index < -0.39 is 0 Å². The van der Waals surface area contributed by atoms with Crippen molar-refractivity contribution < 1.29 is 4.74 Å². The van der Waals surface area contributed by atoms with Gasteiger partial charge in [0, 0.05) is 7.11 Å². The van der Waals surface area contributed by atoms with Crippen molar-refractivity contribution in [2.45, 2.75) is 13.5 Å². The van der Waals surface area contributed by atoms with Crippen LogP contribution in [0.4, 0.5) is 0 Å². The Hall–Kier alpha value is -1.40. The molecular formula is C9H10N2O. The molecule has 0 spiro atoms. The van der Waals surface area contributed by atoms with Gasteiger partial charge in [-0.3, -0.25) is 0 Å². The molecule has 0 aromatic carbocycles. The van der Waals surface area contributed by atoms with Gasteiger partial charge in [0.1, 0.15) is 11.8 Å². The normalized spacial score (nSPS) is 9.42. The van der Waals surface area contributed by atoms with Crippen LogP contribution in [0.2, 0.25) is 0 Å². The van der Waals surface area contributed by atoms with Crippen LogP contribution in [0.15, 0.2) is 12.1 Å². The summed E-state index contributed by atoms with van der Waals surface area (Å²) in [5.41, 5.74) is 2.28. The molecule has 0 fully saturated rings. The van der Waals surface area contributed by atoms with Gasteiger partial charge in [-0.2, -0.15) is 5.26 Å². The minimum Gasteiger partial charge on any atom is -0.378 e. The summed E-state index contributed by atoms with van der Waals surface area (Å²) in [5, 5.41) is 8.60. The van der Waals surface area contributed by atoms with Crippen molar-refractivity contribution in [2.75, 3.05) is 7.11 Å². The van der Waals surface area contributed by atoms with E-state index in [0.717, 1.165) is 11.3 Å². The standard InChI is InChI=1S/C9H10N2O/c1-7-3-8(5-10)11-9(4-7)6-12-2/h3-4H,6H2,1-2H3. The number of nitriles is 1. The van der Waals surface area contributed by atoms with Gasteiger partial charge in [0.2, 0.25) is 0 Å². The molecule has 3 nitrogen and oxygen atoms in total. The molecule has 3 heteroatoms. The number of aryl methyl sites for hydroxylation is 1. The van der Waals surface area contributed by atoms with Gasteiger partial charge in [0.05, 0.1) is 12.3 Å². The van der Waals surface area contributed by atoms with Crippen LogP contribution in [-0.4, -0.2) is 12.1 Å². The van der Waals surface area contributed by atoms with Gasteiger partial charge in [-0.25, -0.2) is 4.98 Å². The molecule has 0 radical (unpaired) electrons. The van der Waals surface area contributed by atoms with E-state index in [9.17, 15) is 0 Å². The Labute approximate surface area is 71.6 Å². The number of rotatable bonds is 2. The lowest BCUT2D eigenvalue weighted by Crippen LogP contribution is -1.95. The highest BCUT2D eigenvalue weighted by atomic mass is 16.5. The fraction of sp³-hybridized carbons (Fsp3) is 0.333. The van der Waals surface area contributed by atoms with Crippen molar-refractivity contribution >= 4 is 0 Å². The van der Waals surface area contributed by atoms with E-state index in [4.69, 9.17) is 10.00 Å². The first-order chi connectivity index (χ1) is 5.76. The smallest absolute Gasteiger partial charge is 0.141 e. The number of hydrogen-bond donors (Lipinski definition) is 0. The third-order valence-corrected chi connectivity index (χ3v) is 1.43. The molecule has 0 amide bonds. The summed E-state index contributed by atoms with van der Waals surface area (Å²) in [6.45, 7) is 2.39. The van der Waals surface area contributed by atoms with E-state index in [1.807, 2.05) is 19.1 Å². The topological polar surface area (TPSA) is 45.9 Å². The van der Waals surface area contributed by atoms with Crippen LogP contribution < -0.4 is 0 Å². The number of methoxy groups -OCH3 is 1. The van der Waals surface area contributed by atoms with Gasteiger partial charge in [-0.15, -0.1) is 0 Å². The molecule has 0 bridgehead atoms. The predicted octanol–water partition coefficient (Wildman–Crippen LogP) is 1.41. The molecular weight excluding hydrogens is 152 g/mol. The van der Waals surface area contributed by atoms with Crippen molar-refractivity contribution in [1.29, 1.82) is 5.26 Å². The average Bonchev–Trinajstić information content (AvgIpc) is 2.04. The highest BCUT2D eigenvalue weighted by molar-refractivity contribution is 5.27. The molecule has 1 rings (SSSR count). The zero-order chi connectivity index (χ0) is 8.97. The Morgan fingerprint density at radius 2 is 2.33 bits per heavy atom. The van der Waals surface area contributed by atoms with Crippen molar-refractivity contribution in [3.05, 3.63) is 29.1 Å². The maximum absolute atomic E-state index is 8.60. The lowest BCUT2D eigenvalue weighted by Gasteiger charge is -2.00. The summed E-state index contributed by atoms with van der Waals surface area (Å²) in [6.07, 6.45) is 0. The second-order valence-electron chi connectivity index (χ2n) is 2.57. The highest BCUT2D eigenvalue weighted by Crippen LogP contribution is 2.04. The van der Waals surface area contributed by atoms with E-state index in [1.54, 1.807) is 13.2 Å². The maximum atomic E-state index is 8.60. The zero-order valence-corrected chi connectivity index (χ0v) is 7.16. The Bertz CT molecular complexity index is 315. The number of hydrogen-bond acceptors (Lipinski definition) is 3. The second-order valence-corrected chi connectivity index (χ2v) is 2.57. The van der Waals surface area contributed by atoms with E-state index in [-0.39, 0.29) is 0 Å². The SMILES string of the molecule is COCc1cc(C)cc(C#N)n1. The molecule has 12 heavy (non-hydrogen) atoms. The fourth-order valence-corrected chi connectivity index (χ4v) is 1.02. The molecule has 0 saturated heterocycles. The summed E-state index contributed by atoms with van der Waals surface area (Å²) >= 11 is 0. The van der Waals surface area contributed by atoms with Crippen LogP contribution in [0.3, 0.4) is 0 Å². The lowest BCUT2D eigenvalue weighted by atomic mass is 10.2. The molecule has 1 aromatic heterocycles. The summed E-state index contributed by atoms with van der Waals surface area (Å²) in [5.74, 6) is 0. The van der Waals surface area contributed by atoms with E-state index in [0.29, 0.717) is 12.3 Å². The van der Waals surface area contributed by atoms with E-state index in [2.05, 4.69) is 4.98 Å². The first-order valence-corrected chi connectivity index (χ1v) is 3.63. The number of ether oxygens (including phenoxy) is 1. The molecule has 62 valence electrons. The fourth-order valence-electron chi connectivity index (χ4n) is 1.02. The molecule has 0 unspecified atom stereocenters. The first kappa shape index (κ1) is 8.69. The third-order valence-electron chi connectivity index (χ3n) is 1.43. The number of pyridine rings is 1. The molecule has 0 saturated carbocycles. The van der Waals surface area contributed by atoms with Crippen molar-refractivity contribution in [1.82, 2.24) is 4.98 Å². The van der Waals surface area contributed by atoms with Gasteiger partial charge in [-0.05, 0) is 24.6 Å². The van der Waals surface area contributed by atoms with Crippen LogP contribution in [0, 0.1) is 18.3 Å². The summed E-state index contributed by atoms with van der Waals surface area (Å²) in [4.78, 5) is 4.06. The zero-order valence-electron chi connectivity index (χ0n) is 7.16. The quantitative estimate of drug-likeness (QED) is 0.660. The summed E-state index contributed by atoms with van der Waals surface area (Å²) in [6, 6.07) is 5.66. The third kappa shape index (κ3) is 2.04. The number of aromatic nitrogens is 1. The Balaban J connectivity index is 3.00. The molecule has 0 aliphatic carbocycles. The van der Waals surface area contributed by atoms with Gasteiger partial charge in [0.15, 0.2) is 0 Å². The minimum absolute atomic E-state index is 0.446. The van der Waals surface area contributed by atoms with Crippen LogP contribution in [0.25, 0.3) is 0 Å². The van der Waals surface area contributed by atoms with Gasteiger partial charge >= 0.3 is 0 Å². The maximum Gasteiger partial charge on any atom is 0.141 e. The van der Waals surface area contributed by atoms with Crippen LogP contribution in [0.5, 0.6) is 0 Å². The molecule has 0 atom stereocenters.